The lowest BCUT2D eigenvalue weighted by atomic mass is 10.1. The second-order valence-corrected chi connectivity index (χ2v) is 9.12. The molecule has 0 aliphatic heterocycles. The molecule has 0 N–H and O–H groups in total. The maximum Gasteiger partial charge on any atom is 0.252 e. The number of nitrogens with zero attached hydrogens (tertiary/aromatic N) is 1. The van der Waals surface area contributed by atoms with E-state index in [1.807, 2.05) is 0 Å². The Morgan fingerprint density at radius 1 is 1.19 bits per heavy atom. The highest BCUT2D eigenvalue weighted by molar-refractivity contribution is 9.11. The summed E-state index contributed by atoms with van der Waals surface area (Å²) in [7, 11) is -2.27. The van der Waals surface area contributed by atoms with Gasteiger partial charge < -0.3 is 0 Å². The van der Waals surface area contributed by atoms with Crippen LogP contribution >= 0.6 is 27.3 Å². The molecule has 0 spiro atoms. The summed E-state index contributed by atoms with van der Waals surface area (Å²) in [5, 5.41) is 0. The predicted molar refractivity (Wildman–Crippen MR) is 81.7 cm³/mol. The van der Waals surface area contributed by atoms with E-state index >= 15 is 0 Å². The molecule has 0 aliphatic rings. The Labute approximate surface area is 134 Å². The highest BCUT2D eigenvalue weighted by Crippen LogP contribution is 2.32. The Bertz CT molecular complexity index is 761. The van der Waals surface area contributed by atoms with Crippen LogP contribution in [0, 0.1) is 11.6 Å². The van der Waals surface area contributed by atoms with Gasteiger partial charge in [0.1, 0.15) is 4.21 Å². The minimum absolute atomic E-state index is 0.186. The molecule has 2 aromatic rings. The maximum atomic E-state index is 13.3. The van der Waals surface area contributed by atoms with Crippen LogP contribution in [0.5, 0.6) is 0 Å². The zero-order valence-electron chi connectivity index (χ0n) is 11.2. The van der Waals surface area contributed by atoms with Crippen LogP contribution in [0.15, 0.2) is 38.3 Å². The topological polar surface area (TPSA) is 37.4 Å². The summed E-state index contributed by atoms with van der Waals surface area (Å²) in [6.07, 6.45) is 0. The fourth-order valence-electron chi connectivity index (χ4n) is 1.77. The van der Waals surface area contributed by atoms with Gasteiger partial charge >= 0.3 is 0 Å². The Balaban J connectivity index is 2.34. The molecular formula is C13H12BrF2NO2S2. The van der Waals surface area contributed by atoms with Crippen LogP contribution in [-0.2, 0) is 10.0 Å². The normalized spacial score (nSPS) is 13.6. The molecule has 1 heterocycles. The number of sulfonamides is 1. The van der Waals surface area contributed by atoms with Gasteiger partial charge in [0.25, 0.3) is 10.0 Å². The molecule has 0 saturated carbocycles. The molecule has 3 nitrogen and oxygen atoms in total. The zero-order chi connectivity index (χ0) is 15.8. The fourth-order valence-corrected chi connectivity index (χ4v) is 5.31. The minimum atomic E-state index is -3.68. The molecule has 0 aliphatic carbocycles. The molecule has 0 amide bonds. The van der Waals surface area contributed by atoms with Gasteiger partial charge in [0.2, 0.25) is 0 Å². The molecule has 1 aromatic heterocycles. The van der Waals surface area contributed by atoms with E-state index in [-0.39, 0.29) is 4.21 Å². The Hall–Kier alpha value is -0.830. The second-order valence-electron chi connectivity index (χ2n) is 4.43. The van der Waals surface area contributed by atoms with Crippen molar-refractivity contribution in [3.63, 3.8) is 0 Å². The first kappa shape index (κ1) is 16.5. The van der Waals surface area contributed by atoms with Gasteiger partial charge in [-0.05, 0) is 52.7 Å². The van der Waals surface area contributed by atoms with Crippen molar-refractivity contribution >= 4 is 37.3 Å². The first-order valence-electron chi connectivity index (χ1n) is 5.92. The van der Waals surface area contributed by atoms with Gasteiger partial charge in [0.15, 0.2) is 11.6 Å². The van der Waals surface area contributed by atoms with Crippen LogP contribution in [0.1, 0.15) is 18.5 Å². The van der Waals surface area contributed by atoms with E-state index in [1.165, 1.54) is 19.2 Å². The lowest BCUT2D eigenvalue weighted by Crippen LogP contribution is -2.29. The van der Waals surface area contributed by atoms with Crippen molar-refractivity contribution in [2.24, 2.45) is 0 Å². The van der Waals surface area contributed by atoms with E-state index in [1.54, 1.807) is 13.0 Å². The molecule has 1 unspecified atom stereocenters. The lowest BCUT2D eigenvalue weighted by Gasteiger charge is -2.24. The van der Waals surface area contributed by atoms with E-state index in [0.29, 0.717) is 9.35 Å². The van der Waals surface area contributed by atoms with E-state index in [2.05, 4.69) is 15.9 Å². The Morgan fingerprint density at radius 2 is 1.86 bits per heavy atom. The van der Waals surface area contributed by atoms with Crippen molar-refractivity contribution in [1.29, 1.82) is 0 Å². The Kier molecular flexibility index (Phi) is 4.82. The first-order valence-corrected chi connectivity index (χ1v) is 8.96. The first-order chi connectivity index (χ1) is 9.73. The van der Waals surface area contributed by atoms with Gasteiger partial charge in [-0.3, -0.25) is 0 Å². The van der Waals surface area contributed by atoms with Crippen LogP contribution in [-0.4, -0.2) is 19.8 Å². The SMILES string of the molecule is CC(c1ccc(F)c(F)c1)N(C)S(=O)(=O)c1ccc(Br)s1. The fraction of sp³-hybridized carbons (Fsp3) is 0.231. The smallest absolute Gasteiger partial charge is 0.206 e. The van der Waals surface area contributed by atoms with E-state index < -0.39 is 27.7 Å². The molecule has 1 aromatic carbocycles. The summed E-state index contributed by atoms with van der Waals surface area (Å²) in [4.78, 5) is 0. The number of hydrogen-bond donors (Lipinski definition) is 0. The van der Waals surface area contributed by atoms with Gasteiger partial charge in [-0.15, -0.1) is 11.3 Å². The number of thiophene rings is 1. The average Bonchev–Trinajstić information content (AvgIpc) is 2.87. The highest BCUT2D eigenvalue weighted by atomic mass is 79.9. The van der Waals surface area contributed by atoms with Gasteiger partial charge in [-0.2, -0.15) is 4.31 Å². The van der Waals surface area contributed by atoms with Gasteiger partial charge in [0, 0.05) is 13.1 Å². The third-order valence-corrected chi connectivity index (χ3v) is 7.17. The van der Waals surface area contributed by atoms with Gasteiger partial charge in [-0.25, -0.2) is 17.2 Å². The number of halogens is 3. The van der Waals surface area contributed by atoms with E-state index in [9.17, 15) is 17.2 Å². The molecular weight excluding hydrogens is 384 g/mol. The zero-order valence-corrected chi connectivity index (χ0v) is 14.4. The number of hydrogen-bond acceptors (Lipinski definition) is 3. The van der Waals surface area contributed by atoms with Crippen molar-refractivity contribution in [3.05, 3.63) is 51.3 Å². The lowest BCUT2D eigenvalue weighted by molar-refractivity contribution is 0.396. The summed E-state index contributed by atoms with van der Waals surface area (Å²) in [5.41, 5.74) is 0.385. The molecule has 0 saturated heterocycles. The standard InChI is InChI=1S/C13H12BrF2NO2S2/c1-8(9-3-4-10(15)11(16)7-9)17(2)21(18,19)13-6-5-12(14)20-13/h3-8H,1-2H3. The molecule has 114 valence electrons. The van der Waals surface area contributed by atoms with Gasteiger partial charge in [0.05, 0.1) is 3.79 Å². The van der Waals surface area contributed by atoms with Crippen molar-refractivity contribution in [1.82, 2.24) is 4.31 Å². The molecule has 8 heteroatoms. The van der Waals surface area contributed by atoms with E-state index in [0.717, 1.165) is 27.8 Å². The summed E-state index contributed by atoms with van der Waals surface area (Å²) in [6.45, 7) is 1.62. The predicted octanol–water partition coefficient (Wildman–Crippen LogP) is 4.17. The summed E-state index contributed by atoms with van der Waals surface area (Å²) in [5.74, 6) is -1.96. The van der Waals surface area contributed by atoms with Crippen LogP contribution in [0.3, 0.4) is 0 Å². The Morgan fingerprint density at radius 3 is 2.38 bits per heavy atom. The number of benzene rings is 1. The van der Waals surface area contributed by atoms with Crippen LogP contribution in [0.2, 0.25) is 0 Å². The van der Waals surface area contributed by atoms with Crippen molar-refractivity contribution in [3.8, 4) is 0 Å². The molecule has 0 fully saturated rings. The molecule has 0 radical (unpaired) electrons. The average molecular weight is 396 g/mol. The highest BCUT2D eigenvalue weighted by Gasteiger charge is 2.28. The van der Waals surface area contributed by atoms with Crippen LogP contribution < -0.4 is 0 Å². The van der Waals surface area contributed by atoms with Crippen molar-refractivity contribution in [2.45, 2.75) is 17.2 Å². The quantitative estimate of drug-likeness (QED) is 0.778. The van der Waals surface area contributed by atoms with Crippen LogP contribution in [0.4, 0.5) is 8.78 Å². The van der Waals surface area contributed by atoms with Gasteiger partial charge in [-0.1, -0.05) is 6.07 Å². The minimum Gasteiger partial charge on any atom is -0.206 e. The molecule has 1 atom stereocenters. The summed E-state index contributed by atoms with van der Waals surface area (Å²) >= 11 is 4.31. The third kappa shape index (κ3) is 3.33. The third-order valence-electron chi connectivity index (χ3n) is 3.15. The second kappa shape index (κ2) is 6.12. The summed E-state index contributed by atoms with van der Waals surface area (Å²) < 4.78 is 53.2. The van der Waals surface area contributed by atoms with E-state index in [4.69, 9.17) is 0 Å². The van der Waals surface area contributed by atoms with Crippen LogP contribution in [0.25, 0.3) is 0 Å². The molecule has 2 rings (SSSR count). The molecule has 21 heavy (non-hydrogen) atoms. The van der Waals surface area contributed by atoms with Crippen molar-refractivity contribution < 1.29 is 17.2 Å². The summed E-state index contributed by atoms with van der Waals surface area (Å²) in [6, 6.07) is 5.90. The monoisotopic (exact) mass is 395 g/mol. The number of rotatable bonds is 4. The molecule has 0 bridgehead atoms. The maximum absolute atomic E-state index is 13.3. The van der Waals surface area contributed by atoms with Crippen molar-refractivity contribution in [2.75, 3.05) is 7.05 Å². The largest absolute Gasteiger partial charge is 0.252 e.